The van der Waals surface area contributed by atoms with Gasteiger partial charge in [0.15, 0.2) is 0 Å². The highest BCUT2D eigenvalue weighted by Crippen LogP contribution is 2.26. The first-order valence-corrected chi connectivity index (χ1v) is 6.92. The second kappa shape index (κ2) is 6.23. The smallest absolute Gasteiger partial charge is 0.139 e. The van der Waals surface area contributed by atoms with Gasteiger partial charge in [0.2, 0.25) is 0 Å². The summed E-state index contributed by atoms with van der Waals surface area (Å²) in [7, 11) is 0. The second-order valence-electron chi connectivity index (χ2n) is 4.86. The topological polar surface area (TPSA) is 73.6 Å². The summed E-state index contributed by atoms with van der Waals surface area (Å²) in [5.41, 5.74) is 3.28. The van der Waals surface area contributed by atoms with Gasteiger partial charge in [0, 0.05) is 12.1 Å². The van der Waals surface area contributed by atoms with Crippen LogP contribution in [0, 0.1) is 32.1 Å². The molecular weight excluding hydrogens is 262 g/mol. The van der Waals surface area contributed by atoms with Gasteiger partial charge in [-0.2, -0.15) is 5.26 Å². The highest BCUT2D eigenvalue weighted by atomic mass is 15.1. The van der Waals surface area contributed by atoms with E-state index in [2.05, 4.69) is 26.7 Å². The van der Waals surface area contributed by atoms with Crippen LogP contribution in [0.2, 0.25) is 0 Å². The van der Waals surface area contributed by atoms with Crippen molar-refractivity contribution < 1.29 is 0 Å². The first kappa shape index (κ1) is 14.8. The van der Waals surface area contributed by atoms with Crippen LogP contribution in [0.3, 0.4) is 0 Å². The zero-order valence-corrected chi connectivity index (χ0v) is 12.8. The van der Waals surface area contributed by atoms with Crippen LogP contribution in [-0.2, 0) is 0 Å². The summed E-state index contributed by atoms with van der Waals surface area (Å²) in [6.45, 7) is 8.56. The van der Waals surface area contributed by atoms with Crippen molar-refractivity contribution in [2.75, 3.05) is 17.2 Å². The van der Waals surface area contributed by atoms with Gasteiger partial charge >= 0.3 is 0 Å². The molecular formula is C16H19N5. The predicted molar refractivity (Wildman–Crippen MR) is 84.8 cm³/mol. The summed E-state index contributed by atoms with van der Waals surface area (Å²) in [6.07, 6.45) is 0. The van der Waals surface area contributed by atoms with Crippen molar-refractivity contribution in [2.24, 2.45) is 0 Å². The van der Waals surface area contributed by atoms with Crippen molar-refractivity contribution in [3.05, 3.63) is 40.7 Å². The van der Waals surface area contributed by atoms with Crippen molar-refractivity contribution in [1.82, 2.24) is 9.97 Å². The summed E-state index contributed by atoms with van der Waals surface area (Å²) < 4.78 is 0. The lowest BCUT2D eigenvalue weighted by Gasteiger charge is -2.14. The number of nitrogens with zero attached hydrogens (tertiary/aromatic N) is 3. The molecule has 0 aliphatic rings. The van der Waals surface area contributed by atoms with Gasteiger partial charge in [-0.25, -0.2) is 9.97 Å². The Morgan fingerprint density at radius 2 is 1.86 bits per heavy atom. The van der Waals surface area contributed by atoms with Crippen molar-refractivity contribution in [3.8, 4) is 6.07 Å². The quantitative estimate of drug-likeness (QED) is 0.898. The minimum atomic E-state index is 0.637. The number of aryl methyl sites for hydroxylation is 2. The number of hydrogen-bond donors (Lipinski definition) is 2. The highest BCUT2D eigenvalue weighted by molar-refractivity contribution is 5.70. The molecule has 21 heavy (non-hydrogen) atoms. The van der Waals surface area contributed by atoms with Crippen molar-refractivity contribution in [3.63, 3.8) is 0 Å². The van der Waals surface area contributed by atoms with Crippen molar-refractivity contribution >= 4 is 17.3 Å². The molecule has 0 unspecified atom stereocenters. The summed E-state index contributed by atoms with van der Waals surface area (Å²) in [6, 6.07) is 7.97. The van der Waals surface area contributed by atoms with E-state index in [4.69, 9.17) is 0 Å². The lowest BCUT2D eigenvalue weighted by Crippen LogP contribution is -2.08. The third-order valence-electron chi connectivity index (χ3n) is 3.24. The predicted octanol–water partition coefficient (Wildman–Crippen LogP) is 3.45. The van der Waals surface area contributed by atoms with Crippen LogP contribution in [0.25, 0.3) is 0 Å². The third kappa shape index (κ3) is 3.11. The van der Waals surface area contributed by atoms with E-state index in [-0.39, 0.29) is 0 Å². The maximum Gasteiger partial charge on any atom is 0.139 e. The number of benzene rings is 1. The Hall–Kier alpha value is -2.61. The molecule has 0 spiro atoms. The SMILES string of the molecule is CCNc1nc(C)nc(Nc2cccc(C)c2C#N)c1C. The van der Waals surface area contributed by atoms with E-state index < -0.39 is 0 Å². The van der Waals surface area contributed by atoms with E-state index in [0.717, 1.165) is 35.0 Å². The van der Waals surface area contributed by atoms with Crippen LogP contribution in [0.15, 0.2) is 18.2 Å². The summed E-state index contributed by atoms with van der Waals surface area (Å²) in [5, 5.41) is 15.8. The van der Waals surface area contributed by atoms with E-state index >= 15 is 0 Å². The molecule has 1 aromatic carbocycles. The average Bonchev–Trinajstić information content (AvgIpc) is 2.44. The molecule has 108 valence electrons. The molecule has 0 atom stereocenters. The third-order valence-corrected chi connectivity index (χ3v) is 3.24. The van der Waals surface area contributed by atoms with E-state index in [1.165, 1.54) is 0 Å². The molecule has 1 aromatic heterocycles. The van der Waals surface area contributed by atoms with E-state index in [1.807, 2.05) is 45.9 Å². The standard InChI is InChI=1S/C16H19N5/c1-5-18-15-11(3)16(20-12(4)19-15)21-14-8-6-7-10(2)13(14)9-17/h6-8H,5H2,1-4H3,(H2,18,19,20,21). The minimum absolute atomic E-state index is 0.637. The number of nitriles is 1. The van der Waals surface area contributed by atoms with Gasteiger partial charge in [0.1, 0.15) is 23.5 Å². The van der Waals surface area contributed by atoms with E-state index in [0.29, 0.717) is 11.4 Å². The molecule has 2 rings (SSSR count). The first-order valence-electron chi connectivity index (χ1n) is 6.92. The van der Waals surface area contributed by atoms with Gasteiger partial charge in [0.25, 0.3) is 0 Å². The summed E-state index contributed by atoms with van der Waals surface area (Å²) in [5.74, 6) is 2.23. The van der Waals surface area contributed by atoms with Gasteiger partial charge in [-0.3, -0.25) is 0 Å². The van der Waals surface area contributed by atoms with Gasteiger partial charge < -0.3 is 10.6 Å². The van der Waals surface area contributed by atoms with Crippen molar-refractivity contribution in [1.29, 1.82) is 5.26 Å². The molecule has 0 radical (unpaired) electrons. The molecule has 0 saturated carbocycles. The highest BCUT2D eigenvalue weighted by Gasteiger charge is 2.11. The van der Waals surface area contributed by atoms with Gasteiger partial charge in [-0.15, -0.1) is 0 Å². The molecule has 5 heteroatoms. The number of nitrogens with one attached hydrogen (secondary N) is 2. The molecule has 2 aromatic rings. The number of anilines is 3. The molecule has 0 saturated heterocycles. The number of rotatable bonds is 4. The molecule has 0 amide bonds. The zero-order valence-electron chi connectivity index (χ0n) is 12.8. The Labute approximate surface area is 125 Å². The number of aromatic nitrogens is 2. The molecule has 1 heterocycles. The Bertz CT molecular complexity index is 701. The monoisotopic (exact) mass is 281 g/mol. The number of hydrogen-bond acceptors (Lipinski definition) is 5. The fraction of sp³-hybridized carbons (Fsp3) is 0.312. The Kier molecular flexibility index (Phi) is 4.39. The average molecular weight is 281 g/mol. The fourth-order valence-electron chi connectivity index (χ4n) is 2.14. The maximum absolute atomic E-state index is 9.30. The molecule has 2 N–H and O–H groups in total. The lowest BCUT2D eigenvalue weighted by molar-refractivity contribution is 1.02. The van der Waals surface area contributed by atoms with E-state index in [9.17, 15) is 5.26 Å². The normalized spacial score (nSPS) is 10.0. The Morgan fingerprint density at radius 3 is 2.52 bits per heavy atom. The lowest BCUT2D eigenvalue weighted by atomic mass is 10.1. The Balaban J connectivity index is 2.45. The molecule has 0 aliphatic heterocycles. The zero-order chi connectivity index (χ0) is 15.4. The van der Waals surface area contributed by atoms with Crippen LogP contribution in [0.5, 0.6) is 0 Å². The molecule has 0 bridgehead atoms. The molecule has 5 nitrogen and oxygen atoms in total. The summed E-state index contributed by atoms with van der Waals surface area (Å²) in [4.78, 5) is 8.84. The van der Waals surface area contributed by atoms with Gasteiger partial charge in [-0.1, -0.05) is 12.1 Å². The molecule has 0 fully saturated rings. The first-order chi connectivity index (χ1) is 10.1. The van der Waals surface area contributed by atoms with Crippen LogP contribution in [0.4, 0.5) is 17.3 Å². The van der Waals surface area contributed by atoms with Crippen LogP contribution in [-0.4, -0.2) is 16.5 Å². The van der Waals surface area contributed by atoms with Crippen LogP contribution < -0.4 is 10.6 Å². The Morgan fingerprint density at radius 1 is 1.14 bits per heavy atom. The van der Waals surface area contributed by atoms with Crippen LogP contribution >= 0.6 is 0 Å². The van der Waals surface area contributed by atoms with Gasteiger partial charge in [0.05, 0.1) is 11.3 Å². The minimum Gasteiger partial charge on any atom is -0.370 e. The fourth-order valence-corrected chi connectivity index (χ4v) is 2.14. The van der Waals surface area contributed by atoms with Crippen molar-refractivity contribution in [2.45, 2.75) is 27.7 Å². The van der Waals surface area contributed by atoms with Crippen LogP contribution in [0.1, 0.15) is 29.4 Å². The van der Waals surface area contributed by atoms with Gasteiger partial charge in [-0.05, 0) is 39.3 Å². The molecule has 0 aliphatic carbocycles. The second-order valence-corrected chi connectivity index (χ2v) is 4.86. The largest absolute Gasteiger partial charge is 0.370 e. The summed E-state index contributed by atoms with van der Waals surface area (Å²) >= 11 is 0. The maximum atomic E-state index is 9.30. The van der Waals surface area contributed by atoms with E-state index in [1.54, 1.807) is 0 Å².